The topological polar surface area (TPSA) is 43.1 Å². The van der Waals surface area contributed by atoms with Crippen LogP contribution in [0.1, 0.15) is 0 Å². The van der Waals surface area contributed by atoms with Crippen molar-refractivity contribution < 1.29 is 20.9 Å². The van der Waals surface area contributed by atoms with Crippen molar-refractivity contribution in [3.05, 3.63) is 34.4 Å². The van der Waals surface area contributed by atoms with Crippen molar-refractivity contribution >= 4 is 10.1 Å². The van der Waals surface area contributed by atoms with E-state index in [2.05, 4.69) is 16.0 Å². The molecule has 0 saturated carbocycles. The van der Waals surface area contributed by atoms with Crippen LogP contribution in [0.15, 0.2) is 24.3 Å². The van der Waals surface area contributed by atoms with Crippen LogP contribution in [-0.4, -0.2) is 4.92 Å². The number of nitrogens with zero attached hydrogens (tertiary/aromatic N) is 1. The van der Waals surface area contributed by atoms with Crippen molar-refractivity contribution in [2.45, 2.75) is 0 Å². The molecule has 0 unspecified atom stereocenters. The summed E-state index contributed by atoms with van der Waals surface area (Å²) in [5.74, 6) is 0. The van der Waals surface area contributed by atoms with Crippen molar-refractivity contribution in [2.24, 2.45) is 0 Å². The number of nitro groups is 1. The number of hydrogen-bond donors (Lipinski definition) is 0. The van der Waals surface area contributed by atoms with E-state index in [-0.39, 0.29) is 5.69 Å². The van der Waals surface area contributed by atoms with Crippen molar-refractivity contribution in [1.82, 2.24) is 0 Å². The van der Waals surface area contributed by atoms with Gasteiger partial charge in [0.25, 0.3) is 0 Å². The number of rotatable bonds is 1. The number of benzene rings is 1. The molecule has 0 N–H and O–H groups in total. The molecule has 0 heterocycles. The second-order valence-corrected chi connectivity index (χ2v) is 2.36. The Hall–Kier alpha value is -0.861. The van der Waals surface area contributed by atoms with Gasteiger partial charge in [-0.25, -0.2) is 0 Å². The van der Waals surface area contributed by atoms with Gasteiger partial charge in [0.2, 0.25) is 0 Å². The molecule has 0 bridgehead atoms. The van der Waals surface area contributed by atoms with Gasteiger partial charge in [0, 0.05) is 0 Å². The first-order valence-electron chi connectivity index (χ1n) is 2.59. The third-order valence-corrected chi connectivity index (χ3v) is 1.40. The van der Waals surface area contributed by atoms with Crippen LogP contribution in [0.5, 0.6) is 0 Å². The van der Waals surface area contributed by atoms with Crippen molar-refractivity contribution in [1.29, 1.82) is 0 Å². The molecule has 0 spiro atoms. The molecule has 10 heavy (non-hydrogen) atoms. The first-order chi connectivity index (χ1) is 4.70. The number of non-ortho nitro benzene ring substituents is 1. The average molecular weight is 178 g/mol. The van der Waals surface area contributed by atoms with Gasteiger partial charge >= 0.3 is 65.5 Å². The van der Waals surface area contributed by atoms with E-state index in [1.54, 1.807) is 12.1 Å². The van der Waals surface area contributed by atoms with Crippen LogP contribution in [0.3, 0.4) is 0 Å². The Morgan fingerprint density at radius 3 is 2.20 bits per heavy atom. The summed E-state index contributed by atoms with van der Waals surface area (Å²) in [6.07, 6.45) is 0. The maximum absolute atomic E-state index is 10.1. The fourth-order valence-electron chi connectivity index (χ4n) is 0.559. The van der Waals surface area contributed by atoms with Gasteiger partial charge in [-0.3, -0.25) is 0 Å². The third-order valence-electron chi connectivity index (χ3n) is 1.03. The van der Waals surface area contributed by atoms with Crippen molar-refractivity contribution in [3.8, 4) is 0 Å². The predicted octanol–water partition coefficient (Wildman–Crippen LogP) is 0.767. The van der Waals surface area contributed by atoms with E-state index in [1.165, 1.54) is 12.1 Å². The predicted molar refractivity (Wildman–Crippen MR) is 32.7 cm³/mol. The molecule has 1 aromatic carbocycles. The molecule has 0 radical (unpaired) electrons. The van der Waals surface area contributed by atoms with Gasteiger partial charge in [-0.2, -0.15) is 0 Å². The Morgan fingerprint density at radius 1 is 1.30 bits per heavy atom. The Morgan fingerprint density at radius 2 is 1.80 bits per heavy atom. The molecule has 0 aliphatic carbocycles. The van der Waals surface area contributed by atoms with Crippen molar-refractivity contribution in [2.75, 3.05) is 0 Å². The number of nitro benzene ring substituents is 1. The molecular formula is C6H4FeNO2. The molecule has 4 heteroatoms. The van der Waals surface area contributed by atoms with Crippen LogP contribution in [0.4, 0.5) is 5.69 Å². The molecule has 0 amide bonds. The molecule has 0 saturated heterocycles. The summed E-state index contributed by atoms with van der Waals surface area (Å²) in [5.41, 5.74) is 0.104. The molecule has 0 aliphatic heterocycles. The zero-order valence-electron chi connectivity index (χ0n) is 4.93. The minimum absolute atomic E-state index is 0.104. The first kappa shape index (κ1) is 7.25. The summed E-state index contributed by atoms with van der Waals surface area (Å²) < 4.78 is 0.783. The van der Waals surface area contributed by atoms with E-state index >= 15 is 0 Å². The fourth-order valence-corrected chi connectivity index (χ4v) is 0.743. The van der Waals surface area contributed by atoms with E-state index in [1.807, 2.05) is 0 Å². The van der Waals surface area contributed by atoms with Crippen LogP contribution in [0.25, 0.3) is 0 Å². The van der Waals surface area contributed by atoms with Crippen LogP contribution in [0.2, 0.25) is 0 Å². The van der Waals surface area contributed by atoms with Gasteiger partial charge in [-0.15, -0.1) is 0 Å². The summed E-state index contributed by atoms with van der Waals surface area (Å²) in [7, 11) is 0. The van der Waals surface area contributed by atoms with E-state index < -0.39 is 4.92 Å². The van der Waals surface area contributed by atoms with Crippen LogP contribution in [0, 0.1) is 10.1 Å². The quantitative estimate of drug-likeness (QED) is 0.362. The van der Waals surface area contributed by atoms with Crippen molar-refractivity contribution in [3.63, 3.8) is 0 Å². The van der Waals surface area contributed by atoms with E-state index in [0.717, 1.165) is 4.46 Å². The van der Waals surface area contributed by atoms with E-state index in [0.29, 0.717) is 0 Å². The second kappa shape index (κ2) is 2.82. The van der Waals surface area contributed by atoms with Crippen LogP contribution < -0.4 is 4.46 Å². The molecule has 3 nitrogen and oxygen atoms in total. The first-order valence-corrected chi connectivity index (χ1v) is 3.14. The Bertz CT molecular complexity index is 244. The second-order valence-electron chi connectivity index (χ2n) is 1.72. The van der Waals surface area contributed by atoms with Gasteiger partial charge < -0.3 is 0 Å². The SMILES string of the molecule is O=[N+]([O-])c1cc[c]([Fe])cc1. The fraction of sp³-hybridized carbons (Fsp3) is 0. The average Bonchev–Trinajstić information content (AvgIpc) is 1.88. The molecule has 0 aromatic heterocycles. The van der Waals surface area contributed by atoms with Gasteiger partial charge in [0.15, 0.2) is 0 Å². The molecular weight excluding hydrogens is 174 g/mol. The normalized spacial score (nSPS) is 9.30. The maximum atomic E-state index is 10.1. The third kappa shape index (κ3) is 1.56. The van der Waals surface area contributed by atoms with Gasteiger partial charge in [-0.05, 0) is 0 Å². The molecule has 0 aliphatic rings. The standard InChI is InChI=1S/C6H4NO2.Fe/c8-7(9)6-4-2-1-3-5-6;/h2-5H;. The summed E-state index contributed by atoms with van der Waals surface area (Å²) in [5, 5.41) is 10.1. The zero-order valence-corrected chi connectivity index (χ0v) is 6.03. The Balaban J connectivity index is 3.00. The summed E-state index contributed by atoms with van der Waals surface area (Å²) in [4.78, 5) is 9.67. The van der Waals surface area contributed by atoms with Gasteiger partial charge in [0.1, 0.15) is 0 Å². The van der Waals surface area contributed by atoms with E-state index in [4.69, 9.17) is 0 Å². The van der Waals surface area contributed by atoms with Gasteiger partial charge in [-0.1, -0.05) is 0 Å². The zero-order chi connectivity index (χ0) is 7.56. The Kier molecular flexibility index (Phi) is 2.04. The molecule has 0 fully saturated rings. The monoisotopic (exact) mass is 178 g/mol. The Labute approximate surface area is 66.0 Å². The minimum atomic E-state index is -0.431. The summed E-state index contributed by atoms with van der Waals surface area (Å²) in [6.45, 7) is 0. The summed E-state index contributed by atoms with van der Waals surface area (Å²) >= 11 is 3.60. The van der Waals surface area contributed by atoms with E-state index in [9.17, 15) is 10.1 Å². The van der Waals surface area contributed by atoms with Gasteiger partial charge in [0.05, 0.1) is 0 Å². The molecule has 53 valence electrons. The number of hydrogen-bond acceptors (Lipinski definition) is 2. The van der Waals surface area contributed by atoms with Crippen LogP contribution in [-0.2, 0) is 16.0 Å². The van der Waals surface area contributed by atoms with Crippen LogP contribution >= 0.6 is 0 Å². The molecule has 0 atom stereocenters. The molecule has 1 rings (SSSR count). The summed E-state index contributed by atoms with van der Waals surface area (Å²) in [6, 6.07) is 6.08. The molecule has 1 aromatic rings.